The first kappa shape index (κ1) is 14.6. The number of para-hydroxylation sites is 1. The highest BCUT2D eigenvalue weighted by atomic mass is 16.1. The van der Waals surface area contributed by atoms with Crippen molar-refractivity contribution in [1.82, 2.24) is 19.9 Å². The molecule has 0 spiro atoms. The molecule has 0 radical (unpaired) electrons. The number of nitrogens with two attached hydrogens (primary N) is 1. The molecule has 4 rings (SSSR count). The summed E-state index contributed by atoms with van der Waals surface area (Å²) in [5, 5.41) is 8.87. The van der Waals surface area contributed by atoms with E-state index in [-0.39, 0.29) is 17.5 Å². The lowest BCUT2D eigenvalue weighted by Gasteiger charge is -2.44. The predicted octanol–water partition coefficient (Wildman–Crippen LogP) is 1.86. The summed E-state index contributed by atoms with van der Waals surface area (Å²) in [5.74, 6) is -0.131. The SMILES string of the molecule is NC(=O)C1CCN(C2(n3nnc4ccccc43)CCCC2)CC1. The molecule has 23 heavy (non-hydrogen) atoms. The largest absolute Gasteiger partial charge is 0.369 e. The molecule has 0 atom stereocenters. The van der Waals surface area contributed by atoms with Crippen molar-refractivity contribution in [3.05, 3.63) is 24.3 Å². The highest BCUT2D eigenvalue weighted by molar-refractivity contribution is 5.76. The van der Waals surface area contributed by atoms with Gasteiger partial charge in [-0.25, -0.2) is 4.68 Å². The van der Waals surface area contributed by atoms with Crippen LogP contribution in [0.25, 0.3) is 11.0 Å². The van der Waals surface area contributed by atoms with Gasteiger partial charge in [0.25, 0.3) is 0 Å². The minimum atomic E-state index is -0.156. The maximum Gasteiger partial charge on any atom is 0.220 e. The van der Waals surface area contributed by atoms with E-state index in [1.807, 2.05) is 18.2 Å². The van der Waals surface area contributed by atoms with Crippen LogP contribution in [0.5, 0.6) is 0 Å². The first-order chi connectivity index (χ1) is 11.2. The fraction of sp³-hybridized carbons (Fsp3) is 0.588. The number of likely N-dealkylation sites (tertiary alicyclic amines) is 1. The van der Waals surface area contributed by atoms with Crippen molar-refractivity contribution in [1.29, 1.82) is 0 Å². The lowest BCUT2D eigenvalue weighted by Crippen LogP contribution is -2.53. The Morgan fingerprint density at radius 2 is 1.87 bits per heavy atom. The van der Waals surface area contributed by atoms with Gasteiger partial charge >= 0.3 is 0 Å². The third kappa shape index (κ3) is 2.32. The molecule has 2 fully saturated rings. The number of carbonyl (C=O) groups excluding carboxylic acids is 1. The number of nitrogens with zero attached hydrogens (tertiary/aromatic N) is 4. The molecule has 2 aromatic rings. The first-order valence-corrected chi connectivity index (χ1v) is 8.56. The third-order valence-electron chi connectivity index (χ3n) is 5.64. The minimum absolute atomic E-state index is 0.0252. The molecule has 6 heteroatoms. The van der Waals surface area contributed by atoms with Crippen molar-refractivity contribution in [2.45, 2.75) is 44.2 Å². The van der Waals surface area contributed by atoms with Crippen LogP contribution in [0.2, 0.25) is 0 Å². The van der Waals surface area contributed by atoms with Crippen molar-refractivity contribution in [2.24, 2.45) is 11.7 Å². The Labute approximate surface area is 135 Å². The maximum absolute atomic E-state index is 11.4. The van der Waals surface area contributed by atoms with Crippen LogP contribution >= 0.6 is 0 Å². The van der Waals surface area contributed by atoms with Gasteiger partial charge in [-0.15, -0.1) is 5.10 Å². The molecule has 2 aliphatic rings. The molecule has 122 valence electrons. The summed E-state index contributed by atoms with van der Waals surface area (Å²) in [6.07, 6.45) is 6.32. The second-order valence-corrected chi connectivity index (χ2v) is 6.84. The Hall–Kier alpha value is -1.95. The normalized spacial score (nSPS) is 22.6. The molecule has 2 N–H and O–H groups in total. The number of piperidine rings is 1. The van der Waals surface area contributed by atoms with Gasteiger partial charge < -0.3 is 5.73 Å². The number of hydrogen-bond acceptors (Lipinski definition) is 4. The van der Waals surface area contributed by atoms with Crippen molar-refractivity contribution >= 4 is 16.9 Å². The van der Waals surface area contributed by atoms with Crippen LogP contribution in [0.1, 0.15) is 38.5 Å². The molecule has 1 saturated heterocycles. The summed E-state index contributed by atoms with van der Waals surface area (Å²) in [5.41, 5.74) is 7.45. The van der Waals surface area contributed by atoms with Gasteiger partial charge in [-0.2, -0.15) is 0 Å². The van der Waals surface area contributed by atoms with E-state index >= 15 is 0 Å². The van der Waals surface area contributed by atoms with Gasteiger partial charge in [-0.1, -0.05) is 17.3 Å². The van der Waals surface area contributed by atoms with E-state index in [2.05, 4.69) is 26.0 Å². The predicted molar refractivity (Wildman–Crippen MR) is 87.5 cm³/mol. The molecular formula is C17H23N5O. The molecule has 0 bridgehead atoms. The zero-order valence-corrected chi connectivity index (χ0v) is 13.3. The van der Waals surface area contributed by atoms with Crippen LogP contribution in [0.3, 0.4) is 0 Å². The number of benzene rings is 1. The third-order valence-corrected chi connectivity index (χ3v) is 5.64. The highest BCUT2D eigenvalue weighted by Crippen LogP contribution is 2.42. The zero-order chi connectivity index (χ0) is 15.9. The zero-order valence-electron chi connectivity index (χ0n) is 13.3. The Morgan fingerprint density at radius 1 is 1.17 bits per heavy atom. The number of hydrogen-bond donors (Lipinski definition) is 1. The minimum Gasteiger partial charge on any atom is -0.369 e. The smallest absolute Gasteiger partial charge is 0.220 e. The van der Waals surface area contributed by atoms with E-state index in [1.54, 1.807) is 0 Å². The number of amides is 1. The van der Waals surface area contributed by atoms with Gasteiger partial charge in [0.15, 0.2) is 0 Å². The molecule has 0 unspecified atom stereocenters. The lowest BCUT2D eigenvalue weighted by atomic mass is 9.93. The highest BCUT2D eigenvalue weighted by Gasteiger charge is 2.44. The summed E-state index contributed by atoms with van der Waals surface area (Å²) >= 11 is 0. The van der Waals surface area contributed by atoms with E-state index in [9.17, 15) is 4.79 Å². The van der Waals surface area contributed by atoms with Gasteiger partial charge in [-0.05, 0) is 50.7 Å². The molecule has 1 aliphatic heterocycles. The molecule has 1 saturated carbocycles. The maximum atomic E-state index is 11.4. The summed E-state index contributed by atoms with van der Waals surface area (Å²) < 4.78 is 2.14. The molecule has 1 amide bonds. The van der Waals surface area contributed by atoms with E-state index in [0.717, 1.165) is 49.8 Å². The van der Waals surface area contributed by atoms with Crippen LogP contribution in [-0.4, -0.2) is 38.9 Å². The summed E-state index contributed by atoms with van der Waals surface area (Å²) in [4.78, 5) is 14.0. The number of fused-ring (bicyclic) bond motifs is 1. The van der Waals surface area contributed by atoms with E-state index < -0.39 is 0 Å². The molecular weight excluding hydrogens is 290 g/mol. The Morgan fingerprint density at radius 3 is 2.57 bits per heavy atom. The van der Waals surface area contributed by atoms with Crippen LogP contribution in [-0.2, 0) is 10.5 Å². The van der Waals surface area contributed by atoms with Gasteiger partial charge in [0, 0.05) is 19.0 Å². The quantitative estimate of drug-likeness (QED) is 0.938. The molecule has 1 aromatic heterocycles. The summed E-state index contributed by atoms with van der Waals surface area (Å²) in [7, 11) is 0. The van der Waals surface area contributed by atoms with Crippen molar-refractivity contribution < 1.29 is 4.79 Å². The topological polar surface area (TPSA) is 77.0 Å². The standard InChI is InChI=1S/C17H23N5O/c18-16(23)13-7-11-21(12-8-13)17(9-3-4-10-17)22-15-6-2-1-5-14(15)19-20-22/h1-2,5-6,13H,3-4,7-12H2,(H2,18,23). The molecule has 1 aliphatic carbocycles. The lowest BCUT2D eigenvalue weighted by molar-refractivity contribution is -0.124. The average molecular weight is 313 g/mol. The molecule has 6 nitrogen and oxygen atoms in total. The number of aromatic nitrogens is 3. The monoisotopic (exact) mass is 313 g/mol. The van der Waals surface area contributed by atoms with Gasteiger partial charge in [0.1, 0.15) is 11.2 Å². The second kappa shape index (κ2) is 5.60. The van der Waals surface area contributed by atoms with Crippen LogP contribution in [0.15, 0.2) is 24.3 Å². The fourth-order valence-electron chi connectivity index (χ4n) is 4.36. The van der Waals surface area contributed by atoms with Crippen molar-refractivity contribution in [2.75, 3.05) is 13.1 Å². The Balaban J connectivity index is 1.69. The second-order valence-electron chi connectivity index (χ2n) is 6.84. The Bertz CT molecular complexity index is 711. The van der Waals surface area contributed by atoms with E-state index in [4.69, 9.17) is 5.73 Å². The number of carbonyl (C=O) groups is 1. The van der Waals surface area contributed by atoms with Crippen LogP contribution in [0.4, 0.5) is 0 Å². The van der Waals surface area contributed by atoms with E-state index in [0.29, 0.717) is 0 Å². The average Bonchev–Trinajstić information content (AvgIpc) is 3.22. The van der Waals surface area contributed by atoms with Crippen molar-refractivity contribution in [3.63, 3.8) is 0 Å². The molecule has 1 aromatic carbocycles. The first-order valence-electron chi connectivity index (χ1n) is 8.56. The van der Waals surface area contributed by atoms with Crippen LogP contribution in [0, 0.1) is 5.92 Å². The van der Waals surface area contributed by atoms with Gasteiger partial charge in [0.2, 0.25) is 5.91 Å². The summed E-state index contributed by atoms with van der Waals surface area (Å²) in [6.45, 7) is 1.81. The fourth-order valence-corrected chi connectivity index (χ4v) is 4.36. The van der Waals surface area contributed by atoms with E-state index in [1.165, 1.54) is 12.8 Å². The van der Waals surface area contributed by atoms with Crippen molar-refractivity contribution in [3.8, 4) is 0 Å². The van der Waals surface area contributed by atoms with Gasteiger partial charge in [-0.3, -0.25) is 9.69 Å². The Kier molecular flexibility index (Phi) is 3.56. The molecule has 2 heterocycles. The van der Waals surface area contributed by atoms with Gasteiger partial charge in [0.05, 0.1) is 5.52 Å². The number of rotatable bonds is 3. The summed E-state index contributed by atoms with van der Waals surface area (Å²) in [6, 6.07) is 8.16. The number of primary amides is 1. The van der Waals surface area contributed by atoms with Crippen LogP contribution < -0.4 is 5.73 Å².